The van der Waals surface area contributed by atoms with Crippen molar-refractivity contribution in [2.75, 3.05) is 0 Å². The van der Waals surface area contributed by atoms with Gasteiger partial charge in [-0.2, -0.15) is 13.2 Å². The van der Waals surface area contributed by atoms with Crippen molar-refractivity contribution in [3.63, 3.8) is 0 Å². The average Bonchev–Trinajstić information content (AvgIpc) is 2.42. The van der Waals surface area contributed by atoms with Crippen LogP contribution in [0.3, 0.4) is 0 Å². The maximum absolute atomic E-state index is 12.8. The summed E-state index contributed by atoms with van der Waals surface area (Å²) < 4.78 is 43.6. The van der Waals surface area contributed by atoms with Gasteiger partial charge in [0.25, 0.3) is 0 Å². The lowest BCUT2D eigenvalue weighted by Crippen LogP contribution is -2.34. The van der Waals surface area contributed by atoms with Crippen molar-refractivity contribution in [3.05, 3.63) is 34.4 Å². The molecule has 0 aliphatic carbocycles. The Hall–Kier alpha value is -1.16. The van der Waals surface area contributed by atoms with Crippen LogP contribution >= 0.6 is 11.6 Å². The Labute approximate surface area is 134 Å². The zero-order valence-corrected chi connectivity index (χ0v) is 13.7. The fourth-order valence-electron chi connectivity index (χ4n) is 2.62. The van der Waals surface area contributed by atoms with Crippen molar-refractivity contribution >= 4 is 17.7 Å². The van der Waals surface area contributed by atoms with E-state index in [2.05, 4.69) is 20.8 Å². The highest BCUT2D eigenvalue weighted by Crippen LogP contribution is 2.41. The van der Waals surface area contributed by atoms with Crippen molar-refractivity contribution in [1.29, 1.82) is 0 Å². The Morgan fingerprint density at radius 1 is 1.23 bits per heavy atom. The lowest BCUT2D eigenvalue weighted by atomic mass is 9.79. The molecule has 1 aliphatic rings. The van der Waals surface area contributed by atoms with E-state index in [9.17, 15) is 13.2 Å². The van der Waals surface area contributed by atoms with Crippen LogP contribution in [0.1, 0.15) is 51.2 Å². The second-order valence-corrected chi connectivity index (χ2v) is 6.70. The fraction of sp³-hybridized carbons (Fsp3) is 0.529. The lowest BCUT2D eigenvalue weighted by Gasteiger charge is -2.29. The van der Waals surface area contributed by atoms with Gasteiger partial charge >= 0.3 is 6.18 Å². The minimum absolute atomic E-state index is 0.208. The topological polar surface area (TPSA) is 9.23 Å². The van der Waals surface area contributed by atoms with Gasteiger partial charge in [0.1, 0.15) is 5.75 Å². The quantitative estimate of drug-likeness (QED) is 0.643. The van der Waals surface area contributed by atoms with Crippen LogP contribution in [-0.2, 0) is 5.41 Å². The molecule has 0 aromatic heterocycles. The first-order chi connectivity index (χ1) is 10.1. The molecule has 122 valence electrons. The number of benzene rings is 1. The summed E-state index contributed by atoms with van der Waals surface area (Å²) in [6.45, 7) is 6.21. The molecular weight excluding hydrogens is 313 g/mol. The largest absolute Gasteiger partial charge is 0.476 e. The summed E-state index contributed by atoms with van der Waals surface area (Å²) in [5.41, 5.74) is 1.21. The Morgan fingerprint density at radius 3 is 2.50 bits per heavy atom. The van der Waals surface area contributed by atoms with E-state index in [-0.39, 0.29) is 11.2 Å². The van der Waals surface area contributed by atoms with Gasteiger partial charge in [0, 0.05) is 10.6 Å². The number of halogens is 4. The summed E-state index contributed by atoms with van der Waals surface area (Å²) in [5, 5.41) is 0.568. The van der Waals surface area contributed by atoms with Crippen LogP contribution in [0.25, 0.3) is 6.08 Å². The maximum atomic E-state index is 12.8. The predicted octanol–water partition coefficient (Wildman–Crippen LogP) is 6.14. The number of unbranched alkanes of at least 4 members (excludes halogenated alkanes) is 1. The highest BCUT2D eigenvalue weighted by molar-refractivity contribution is 6.31. The van der Waals surface area contributed by atoms with E-state index >= 15 is 0 Å². The number of hydrogen-bond donors (Lipinski definition) is 0. The summed E-state index contributed by atoms with van der Waals surface area (Å²) >= 11 is 6.34. The summed E-state index contributed by atoms with van der Waals surface area (Å²) in [5.74, 6) is 0.244. The molecule has 1 aromatic rings. The number of hydrogen-bond acceptors (Lipinski definition) is 1. The molecule has 0 spiro atoms. The number of ether oxygens (including phenoxy) is 1. The number of rotatable bonds is 4. The lowest BCUT2D eigenvalue weighted by molar-refractivity contribution is -0.180. The van der Waals surface area contributed by atoms with E-state index < -0.39 is 12.3 Å². The van der Waals surface area contributed by atoms with Gasteiger partial charge in [-0.1, -0.05) is 51.3 Å². The van der Waals surface area contributed by atoms with Crippen LogP contribution in [0.2, 0.25) is 5.02 Å². The van der Waals surface area contributed by atoms with Crippen LogP contribution in [-0.4, -0.2) is 12.3 Å². The Morgan fingerprint density at radius 2 is 1.91 bits per heavy atom. The van der Waals surface area contributed by atoms with Gasteiger partial charge in [-0.05, 0) is 35.6 Å². The van der Waals surface area contributed by atoms with Gasteiger partial charge in [0.05, 0.1) is 0 Å². The van der Waals surface area contributed by atoms with Crippen molar-refractivity contribution < 1.29 is 17.9 Å². The zero-order valence-electron chi connectivity index (χ0n) is 12.9. The normalized spacial score (nSPS) is 18.0. The van der Waals surface area contributed by atoms with Crippen molar-refractivity contribution in [2.24, 2.45) is 0 Å². The molecule has 5 heteroatoms. The van der Waals surface area contributed by atoms with E-state index in [0.717, 1.165) is 30.9 Å². The van der Waals surface area contributed by atoms with Crippen LogP contribution in [0.4, 0.5) is 13.2 Å². The molecule has 2 rings (SSSR count). The molecule has 0 N–H and O–H groups in total. The van der Waals surface area contributed by atoms with E-state index in [1.165, 1.54) is 6.08 Å². The third-order valence-electron chi connectivity index (χ3n) is 4.01. The van der Waals surface area contributed by atoms with Crippen molar-refractivity contribution in [1.82, 2.24) is 0 Å². The predicted molar refractivity (Wildman–Crippen MR) is 83.5 cm³/mol. The second-order valence-electron chi connectivity index (χ2n) is 6.30. The van der Waals surface area contributed by atoms with E-state index in [1.54, 1.807) is 12.1 Å². The van der Waals surface area contributed by atoms with E-state index in [4.69, 9.17) is 16.3 Å². The molecule has 0 saturated heterocycles. The third kappa shape index (κ3) is 3.60. The van der Waals surface area contributed by atoms with Crippen molar-refractivity contribution in [3.8, 4) is 5.75 Å². The van der Waals surface area contributed by atoms with Crippen LogP contribution in [0, 0.1) is 0 Å². The van der Waals surface area contributed by atoms with E-state index in [1.807, 2.05) is 0 Å². The monoisotopic (exact) mass is 332 g/mol. The summed E-state index contributed by atoms with van der Waals surface area (Å²) in [6.07, 6.45) is -0.862. The van der Waals surface area contributed by atoms with Crippen LogP contribution in [0.15, 0.2) is 18.2 Å². The molecule has 1 atom stereocenters. The van der Waals surface area contributed by atoms with Crippen molar-refractivity contribution in [2.45, 2.75) is 57.7 Å². The molecule has 1 heterocycles. The molecule has 1 aromatic carbocycles. The third-order valence-corrected chi connectivity index (χ3v) is 4.32. The van der Waals surface area contributed by atoms with Gasteiger partial charge in [-0.25, -0.2) is 0 Å². The Bertz CT molecular complexity index is 576. The Kier molecular flexibility index (Phi) is 4.81. The second kappa shape index (κ2) is 6.15. The SMILES string of the molecule is CCCCC(C)(C)c1cc2c(cc1Cl)C=C[C@H](C(F)(F)F)O2. The average molecular weight is 333 g/mol. The minimum Gasteiger partial charge on any atom is -0.476 e. The summed E-state index contributed by atoms with van der Waals surface area (Å²) in [6, 6.07) is 3.35. The van der Waals surface area contributed by atoms with Gasteiger partial charge < -0.3 is 4.74 Å². The standard InChI is InChI=1S/C17H20ClF3O/c1-4-5-8-16(2,3)12-10-14-11(9-13(12)18)6-7-15(22-14)17(19,20)21/h6-7,9-10,15H,4-5,8H2,1-3H3/t15-/m1/s1. The first-order valence-corrected chi connectivity index (χ1v) is 7.78. The highest BCUT2D eigenvalue weighted by Gasteiger charge is 2.41. The van der Waals surface area contributed by atoms with Crippen LogP contribution < -0.4 is 4.74 Å². The summed E-state index contributed by atoms with van der Waals surface area (Å²) in [4.78, 5) is 0. The van der Waals surface area contributed by atoms with Crippen LogP contribution in [0.5, 0.6) is 5.75 Å². The molecule has 0 amide bonds. The molecule has 0 unspecified atom stereocenters. The first kappa shape index (κ1) is 17.2. The smallest absolute Gasteiger partial charge is 0.429 e. The fourth-order valence-corrected chi connectivity index (χ4v) is 3.04. The maximum Gasteiger partial charge on any atom is 0.429 e. The number of fused-ring (bicyclic) bond motifs is 1. The van der Waals surface area contributed by atoms with Gasteiger partial charge in [-0.15, -0.1) is 0 Å². The molecule has 0 saturated carbocycles. The number of alkyl halides is 3. The molecule has 0 fully saturated rings. The van der Waals surface area contributed by atoms with Gasteiger partial charge in [-0.3, -0.25) is 0 Å². The summed E-state index contributed by atoms with van der Waals surface area (Å²) in [7, 11) is 0. The van der Waals surface area contributed by atoms with Gasteiger partial charge in [0.15, 0.2) is 0 Å². The molecule has 1 nitrogen and oxygen atoms in total. The molecule has 22 heavy (non-hydrogen) atoms. The highest BCUT2D eigenvalue weighted by atomic mass is 35.5. The van der Waals surface area contributed by atoms with Gasteiger partial charge in [0.2, 0.25) is 6.10 Å². The molecule has 1 aliphatic heterocycles. The Balaban J connectivity index is 2.36. The molecular formula is C17H20ClF3O. The minimum atomic E-state index is -4.41. The zero-order chi connectivity index (χ0) is 16.5. The first-order valence-electron chi connectivity index (χ1n) is 7.41. The van der Waals surface area contributed by atoms with E-state index in [0.29, 0.717) is 10.6 Å². The molecule has 0 bridgehead atoms. The molecule has 0 radical (unpaired) electrons.